The van der Waals surface area contributed by atoms with Gasteiger partial charge in [0, 0.05) is 24.2 Å². The molecule has 0 radical (unpaired) electrons. The highest BCUT2D eigenvalue weighted by atomic mass is 35.5. The summed E-state index contributed by atoms with van der Waals surface area (Å²) in [7, 11) is 3.05. The first kappa shape index (κ1) is 17.4. The highest BCUT2D eigenvalue weighted by Crippen LogP contribution is 2.37. The smallest absolute Gasteiger partial charge is 0.318 e. The Bertz CT molecular complexity index is 1200. The zero-order chi connectivity index (χ0) is 19.1. The van der Waals surface area contributed by atoms with Gasteiger partial charge >= 0.3 is 6.01 Å². The first-order chi connectivity index (χ1) is 13.0. The van der Waals surface area contributed by atoms with Crippen molar-refractivity contribution in [1.29, 1.82) is 0 Å². The summed E-state index contributed by atoms with van der Waals surface area (Å²) in [6, 6.07) is 8.02. The van der Waals surface area contributed by atoms with Crippen LogP contribution in [-0.4, -0.2) is 29.1 Å². The number of anilines is 1. The predicted molar refractivity (Wildman–Crippen MR) is 101 cm³/mol. The molecular weight excluding hydrogens is 374 g/mol. The maximum Gasteiger partial charge on any atom is 0.318 e. The van der Waals surface area contributed by atoms with E-state index in [0.29, 0.717) is 27.5 Å². The number of rotatable bonds is 3. The van der Waals surface area contributed by atoms with Crippen molar-refractivity contribution in [1.82, 2.24) is 15.0 Å². The maximum absolute atomic E-state index is 15.4. The lowest BCUT2D eigenvalue weighted by Gasteiger charge is -2.12. The van der Waals surface area contributed by atoms with Gasteiger partial charge < -0.3 is 10.1 Å². The summed E-state index contributed by atoms with van der Waals surface area (Å²) >= 11 is 6.17. The Labute approximate surface area is 158 Å². The quantitative estimate of drug-likeness (QED) is 0.546. The summed E-state index contributed by atoms with van der Waals surface area (Å²) in [5.74, 6) is -0.867. The monoisotopic (exact) mass is 386 g/mol. The van der Waals surface area contributed by atoms with Crippen LogP contribution in [0.3, 0.4) is 0 Å². The van der Waals surface area contributed by atoms with Gasteiger partial charge in [-0.25, -0.2) is 8.78 Å². The molecule has 0 atom stereocenters. The third-order valence-electron chi connectivity index (χ3n) is 4.27. The van der Waals surface area contributed by atoms with Gasteiger partial charge in [-0.15, -0.1) is 0 Å². The number of halogens is 3. The van der Waals surface area contributed by atoms with Crippen LogP contribution in [-0.2, 0) is 0 Å². The van der Waals surface area contributed by atoms with Gasteiger partial charge in [-0.3, -0.25) is 4.98 Å². The number of hydrogen-bond acceptors (Lipinski definition) is 5. The fraction of sp³-hybridized carbons (Fsp3) is 0.105. The Hall–Kier alpha value is -3.06. The van der Waals surface area contributed by atoms with Crippen LogP contribution in [0.25, 0.3) is 32.9 Å². The van der Waals surface area contributed by atoms with Gasteiger partial charge in [0.15, 0.2) is 5.82 Å². The van der Waals surface area contributed by atoms with E-state index >= 15 is 4.39 Å². The summed E-state index contributed by atoms with van der Waals surface area (Å²) < 4.78 is 34.4. The molecule has 0 bridgehead atoms. The fourth-order valence-corrected chi connectivity index (χ4v) is 3.29. The Kier molecular flexibility index (Phi) is 4.24. The fourth-order valence-electron chi connectivity index (χ4n) is 3.01. The number of pyridine rings is 1. The number of nitrogens with zero attached hydrogens (tertiary/aromatic N) is 3. The van der Waals surface area contributed by atoms with E-state index in [1.54, 1.807) is 31.3 Å². The minimum absolute atomic E-state index is 0.0170. The van der Waals surface area contributed by atoms with E-state index in [1.165, 1.54) is 19.4 Å². The third-order valence-corrected chi connectivity index (χ3v) is 4.64. The lowest BCUT2D eigenvalue weighted by atomic mass is 10.0. The van der Waals surface area contributed by atoms with Crippen LogP contribution in [0.4, 0.5) is 14.6 Å². The highest BCUT2D eigenvalue weighted by Gasteiger charge is 2.20. The zero-order valence-corrected chi connectivity index (χ0v) is 15.1. The molecule has 2 aromatic carbocycles. The third kappa shape index (κ3) is 2.71. The lowest BCUT2D eigenvalue weighted by molar-refractivity contribution is 0.382. The molecule has 4 rings (SSSR count). The van der Waals surface area contributed by atoms with Crippen LogP contribution in [0.1, 0.15) is 0 Å². The number of ether oxygens (including phenoxy) is 1. The topological polar surface area (TPSA) is 59.9 Å². The van der Waals surface area contributed by atoms with E-state index in [9.17, 15) is 4.39 Å². The first-order valence-corrected chi connectivity index (χ1v) is 8.38. The molecule has 0 fully saturated rings. The molecule has 5 nitrogen and oxygen atoms in total. The number of aromatic nitrogens is 3. The Morgan fingerprint density at radius 3 is 2.67 bits per heavy atom. The van der Waals surface area contributed by atoms with Crippen LogP contribution in [0, 0.1) is 11.6 Å². The second kappa shape index (κ2) is 6.59. The lowest BCUT2D eigenvalue weighted by Crippen LogP contribution is -2.02. The van der Waals surface area contributed by atoms with Gasteiger partial charge in [-0.1, -0.05) is 35.9 Å². The molecule has 0 saturated carbocycles. The van der Waals surface area contributed by atoms with Crippen molar-refractivity contribution >= 4 is 39.1 Å². The van der Waals surface area contributed by atoms with Gasteiger partial charge in [0.1, 0.15) is 22.8 Å². The van der Waals surface area contributed by atoms with Gasteiger partial charge in [-0.05, 0) is 11.5 Å². The van der Waals surface area contributed by atoms with Crippen molar-refractivity contribution in [2.24, 2.45) is 0 Å². The second-order valence-electron chi connectivity index (χ2n) is 5.76. The van der Waals surface area contributed by atoms with Crippen molar-refractivity contribution in [3.05, 3.63) is 53.2 Å². The Morgan fingerprint density at radius 2 is 1.93 bits per heavy atom. The van der Waals surface area contributed by atoms with E-state index in [1.807, 2.05) is 0 Å². The maximum atomic E-state index is 15.4. The molecule has 0 amide bonds. The van der Waals surface area contributed by atoms with Crippen molar-refractivity contribution in [2.45, 2.75) is 0 Å². The van der Waals surface area contributed by atoms with Crippen molar-refractivity contribution in [2.75, 3.05) is 19.5 Å². The highest BCUT2D eigenvalue weighted by molar-refractivity contribution is 6.36. The van der Waals surface area contributed by atoms with Gasteiger partial charge in [0.05, 0.1) is 17.5 Å². The van der Waals surface area contributed by atoms with E-state index in [2.05, 4.69) is 20.3 Å². The molecule has 0 aliphatic rings. The molecule has 1 N–H and O–H groups in total. The SMILES string of the molecule is CNc1nc(OC)nc2c(F)c(-c3cccc4ccc(F)c(Cl)c34)ncc12. The van der Waals surface area contributed by atoms with E-state index in [-0.39, 0.29) is 22.2 Å². The van der Waals surface area contributed by atoms with Gasteiger partial charge in [0.2, 0.25) is 0 Å². The summed E-state index contributed by atoms with van der Waals surface area (Å²) in [4.78, 5) is 12.5. The standard InChI is InChI=1S/C19H13ClF2N4O/c1-23-18-11-8-24-16(15(22)17(11)25-19(26-18)27-2)10-5-3-4-9-6-7-12(21)14(20)13(9)10/h3-8H,1-2H3,(H,23,25,26). The second-order valence-corrected chi connectivity index (χ2v) is 6.13. The Morgan fingerprint density at radius 1 is 1.11 bits per heavy atom. The average molecular weight is 387 g/mol. The minimum Gasteiger partial charge on any atom is -0.467 e. The molecule has 0 aliphatic carbocycles. The molecule has 8 heteroatoms. The summed E-state index contributed by atoms with van der Waals surface area (Å²) in [6.07, 6.45) is 1.46. The first-order valence-electron chi connectivity index (χ1n) is 8.00. The normalized spacial score (nSPS) is 11.1. The van der Waals surface area contributed by atoms with Crippen LogP contribution < -0.4 is 10.1 Å². The molecule has 136 valence electrons. The zero-order valence-electron chi connectivity index (χ0n) is 14.3. The number of methoxy groups -OCH3 is 1. The van der Waals surface area contributed by atoms with Gasteiger partial charge in [-0.2, -0.15) is 9.97 Å². The predicted octanol–water partition coefficient (Wildman–Crippen LogP) is 4.83. The largest absolute Gasteiger partial charge is 0.467 e. The van der Waals surface area contributed by atoms with Crippen LogP contribution in [0.5, 0.6) is 6.01 Å². The molecule has 0 saturated heterocycles. The van der Waals surface area contributed by atoms with Crippen molar-refractivity contribution < 1.29 is 13.5 Å². The number of hydrogen-bond donors (Lipinski definition) is 1. The molecule has 0 unspecified atom stereocenters. The minimum atomic E-state index is -0.669. The number of benzene rings is 2. The summed E-state index contributed by atoms with van der Waals surface area (Å²) in [6.45, 7) is 0. The molecule has 2 aromatic heterocycles. The molecule has 0 aliphatic heterocycles. The van der Waals surface area contributed by atoms with Gasteiger partial charge in [0.25, 0.3) is 0 Å². The van der Waals surface area contributed by atoms with E-state index in [4.69, 9.17) is 16.3 Å². The van der Waals surface area contributed by atoms with Crippen LogP contribution in [0.2, 0.25) is 5.02 Å². The molecular formula is C19H13ClF2N4O. The molecule has 0 spiro atoms. The summed E-state index contributed by atoms with van der Waals surface area (Å²) in [5.41, 5.74) is 0.434. The van der Waals surface area contributed by atoms with Crippen molar-refractivity contribution in [3.8, 4) is 17.3 Å². The average Bonchev–Trinajstić information content (AvgIpc) is 2.70. The van der Waals surface area contributed by atoms with E-state index in [0.717, 1.165) is 0 Å². The molecule has 27 heavy (non-hydrogen) atoms. The van der Waals surface area contributed by atoms with E-state index < -0.39 is 11.6 Å². The van der Waals surface area contributed by atoms with Crippen LogP contribution in [0.15, 0.2) is 36.5 Å². The van der Waals surface area contributed by atoms with Crippen LogP contribution >= 0.6 is 11.6 Å². The molecule has 2 heterocycles. The Balaban J connectivity index is 2.08. The summed E-state index contributed by atoms with van der Waals surface area (Å²) in [5, 5.41) is 4.25. The number of nitrogens with one attached hydrogen (secondary N) is 1. The van der Waals surface area contributed by atoms with Crippen molar-refractivity contribution in [3.63, 3.8) is 0 Å². The molecule has 4 aromatic rings. The number of fused-ring (bicyclic) bond motifs is 2.